The normalized spacial score (nSPS) is 17.7. The number of amides is 1. The number of alkyl halides is 2. The Labute approximate surface area is 108 Å². The van der Waals surface area contributed by atoms with Gasteiger partial charge in [-0.1, -0.05) is 0 Å². The Balaban J connectivity index is 2.17. The molecule has 1 aromatic rings. The lowest BCUT2D eigenvalue weighted by Gasteiger charge is -2.26. The van der Waals surface area contributed by atoms with E-state index in [1.165, 1.54) is 12.3 Å². The summed E-state index contributed by atoms with van der Waals surface area (Å²) < 4.78 is 35.5. The molecule has 1 aliphatic rings. The van der Waals surface area contributed by atoms with Crippen LogP contribution in [0.4, 0.5) is 8.78 Å². The second-order valence-electron chi connectivity index (χ2n) is 4.27. The molecule has 1 amide bonds. The van der Waals surface area contributed by atoms with E-state index in [9.17, 15) is 13.6 Å². The summed E-state index contributed by atoms with van der Waals surface area (Å²) in [5.41, 5.74) is 1.80. The van der Waals surface area contributed by atoms with Crippen LogP contribution in [0.15, 0.2) is 12.3 Å². The molecule has 0 bridgehead atoms. The third-order valence-corrected chi connectivity index (χ3v) is 2.90. The van der Waals surface area contributed by atoms with Crippen molar-refractivity contribution >= 4 is 5.91 Å². The van der Waals surface area contributed by atoms with E-state index in [2.05, 4.69) is 10.3 Å². The van der Waals surface area contributed by atoms with E-state index in [1.807, 2.05) is 6.92 Å². The van der Waals surface area contributed by atoms with Crippen LogP contribution < -0.4 is 5.32 Å². The molecule has 0 atom stereocenters. The number of aryl methyl sites for hydroxylation is 2. The van der Waals surface area contributed by atoms with Gasteiger partial charge in [0, 0.05) is 6.20 Å². The Hall–Kier alpha value is -1.60. The fraction of sp³-hybridized carbons (Fsp3) is 0.500. The second-order valence-corrected chi connectivity index (χ2v) is 4.27. The molecule has 1 aromatic heterocycles. The molecule has 2 rings (SSSR count). The van der Waals surface area contributed by atoms with Gasteiger partial charge >= 0.3 is 12.3 Å². The lowest BCUT2D eigenvalue weighted by Crippen LogP contribution is -2.55. The van der Waals surface area contributed by atoms with Crippen molar-refractivity contribution in [2.24, 2.45) is 0 Å². The molecule has 1 saturated heterocycles. The highest BCUT2D eigenvalue weighted by Gasteiger charge is 2.48. The zero-order chi connectivity index (χ0) is 14.0. The first-order valence-electron chi connectivity index (χ1n) is 5.76. The van der Waals surface area contributed by atoms with Gasteiger partial charge in [-0.2, -0.15) is 0 Å². The van der Waals surface area contributed by atoms with Crippen LogP contribution in [-0.4, -0.2) is 36.4 Å². The van der Waals surface area contributed by atoms with Crippen molar-refractivity contribution in [3.05, 3.63) is 29.1 Å². The summed E-state index contributed by atoms with van der Waals surface area (Å²) in [5.74, 6) is -3.12. The van der Waals surface area contributed by atoms with E-state index in [0.29, 0.717) is 0 Å². The minimum absolute atomic E-state index is 0.00493. The van der Waals surface area contributed by atoms with E-state index >= 15 is 0 Å². The Morgan fingerprint density at radius 1 is 1.37 bits per heavy atom. The number of nitrogens with zero attached hydrogens (tertiary/aromatic N) is 1. The van der Waals surface area contributed by atoms with Crippen LogP contribution in [0, 0.1) is 13.8 Å². The van der Waals surface area contributed by atoms with Gasteiger partial charge in [0.1, 0.15) is 5.69 Å². The number of aromatic nitrogens is 1. The summed E-state index contributed by atoms with van der Waals surface area (Å²) in [4.78, 5) is 15.8. The largest absolute Gasteiger partial charge is 0.326 e. The maximum absolute atomic E-state index is 12.9. The zero-order valence-electron chi connectivity index (χ0n) is 10.6. The number of ether oxygens (including phenoxy) is 2. The summed E-state index contributed by atoms with van der Waals surface area (Å²) in [7, 11) is 0. The predicted octanol–water partition coefficient (Wildman–Crippen LogP) is 1.39. The number of hydrogen-bond acceptors (Lipinski definition) is 4. The second kappa shape index (κ2) is 5.18. The van der Waals surface area contributed by atoms with E-state index in [4.69, 9.17) is 9.47 Å². The van der Waals surface area contributed by atoms with Crippen LogP contribution in [0.5, 0.6) is 0 Å². The number of carbonyl (C=O) groups is 1. The number of rotatable bonds is 3. The molecule has 0 aliphatic carbocycles. The molecule has 1 fully saturated rings. The van der Waals surface area contributed by atoms with Crippen LogP contribution >= 0.6 is 0 Å². The van der Waals surface area contributed by atoms with Crippen molar-refractivity contribution in [2.75, 3.05) is 13.2 Å². The molecule has 104 valence electrons. The van der Waals surface area contributed by atoms with Gasteiger partial charge in [0.05, 0.1) is 13.2 Å². The van der Waals surface area contributed by atoms with Gasteiger partial charge in [-0.3, -0.25) is 15.1 Å². The number of carbonyl (C=O) groups excluding carboxylic acids is 1. The highest BCUT2D eigenvalue weighted by Crippen LogP contribution is 2.24. The van der Waals surface area contributed by atoms with Crippen molar-refractivity contribution in [1.29, 1.82) is 0 Å². The smallest absolute Gasteiger partial charge is 0.316 e. The fourth-order valence-electron chi connectivity index (χ4n) is 1.65. The first kappa shape index (κ1) is 13.8. The van der Waals surface area contributed by atoms with E-state index in [1.54, 1.807) is 6.92 Å². The topological polar surface area (TPSA) is 60.5 Å². The molecule has 5 nitrogen and oxygen atoms in total. The number of nitrogens with one attached hydrogen (secondary N) is 1. The summed E-state index contributed by atoms with van der Waals surface area (Å²) in [6.07, 6.45) is -1.47. The Morgan fingerprint density at radius 3 is 2.53 bits per heavy atom. The minimum atomic E-state index is -2.98. The molecular formula is C12H14F2N2O3. The van der Waals surface area contributed by atoms with Gasteiger partial charge < -0.3 is 9.47 Å². The predicted molar refractivity (Wildman–Crippen MR) is 61.8 cm³/mol. The lowest BCUT2D eigenvalue weighted by molar-refractivity contribution is -0.246. The molecule has 19 heavy (non-hydrogen) atoms. The number of hydrogen-bond donors (Lipinski definition) is 1. The molecule has 7 heteroatoms. The standard InChI is InChI=1S/C12H14F2N2O3/c1-7-5-9(15-6-8(7)2)10(17)16-12(11(13)14)18-3-4-19-12/h5-6,11H,3-4H2,1-2H3,(H,16,17). The highest BCUT2D eigenvalue weighted by atomic mass is 19.3. The zero-order valence-corrected chi connectivity index (χ0v) is 10.6. The third-order valence-electron chi connectivity index (χ3n) is 2.90. The maximum Gasteiger partial charge on any atom is 0.316 e. The molecule has 0 aromatic carbocycles. The van der Waals surface area contributed by atoms with Crippen molar-refractivity contribution in [3.8, 4) is 0 Å². The van der Waals surface area contributed by atoms with Crippen LogP contribution in [0.2, 0.25) is 0 Å². The van der Waals surface area contributed by atoms with E-state index < -0.39 is 18.2 Å². The summed E-state index contributed by atoms with van der Waals surface area (Å²) in [6, 6.07) is 1.53. The number of halogens is 2. The molecule has 1 N–H and O–H groups in total. The Kier molecular flexibility index (Phi) is 3.77. The summed E-state index contributed by atoms with van der Waals surface area (Å²) >= 11 is 0. The average molecular weight is 272 g/mol. The molecule has 2 heterocycles. The first-order valence-corrected chi connectivity index (χ1v) is 5.76. The SMILES string of the molecule is Cc1cnc(C(=O)NC2(C(F)F)OCCO2)cc1C. The third kappa shape index (κ3) is 2.71. The van der Waals surface area contributed by atoms with E-state index in [0.717, 1.165) is 11.1 Å². The monoisotopic (exact) mass is 272 g/mol. The summed E-state index contributed by atoms with van der Waals surface area (Å²) in [5, 5.41) is 2.06. The van der Waals surface area contributed by atoms with Crippen molar-refractivity contribution in [1.82, 2.24) is 10.3 Å². The van der Waals surface area contributed by atoms with E-state index in [-0.39, 0.29) is 18.9 Å². The maximum atomic E-state index is 12.9. The molecule has 0 radical (unpaired) electrons. The first-order chi connectivity index (χ1) is 8.94. The van der Waals surface area contributed by atoms with Crippen LogP contribution in [0.3, 0.4) is 0 Å². The van der Waals surface area contributed by atoms with Crippen LogP contribution in [-0.2, 0) is 9.47 Å². The lowest BCUT2D eigenvalue weighted by atomic mass is 10.1. The molecule has 0 spiro atoms. The van der Waals surface area contributed by atoms with Crippen LogP contribution in [0.1, 0.15) is 21.6 Å². The molecule has 1 aliphatic heterocycles. The van der Waals surface area contributed by atoms with Crippen molar-refractivity contribution < 1.29 is 23.0 Å². The Morgan fingerprint density at radius 2 is 2.00 bits per heavy atom. The molecular weight excluding hydrogens is 258 g/mol. The van der Waals surface area contributed by atoms with Gasteiger partial charge in [0.2, 0.25) is 0 Å². The van der Waals surface area contributed by atoms with Crippen molar-refractivity contribution in [2.45, 2.75) is 26.2 Å². The minimum Gasteiger partial charge on any atom is -0.326 e. The highest BCUT2D eigenvalue weighted by molar-refractivity contribution is 5.92. The summed E-state index contributed by atoms with van der Waals surface area (Å²) in [6.45, 7) is 3.66. The Bertz CT molecular complexity index is 488. The number of pyridine rings is 1. The van der Waals surface area contributed by atoms with Gasteiger partial charge in [-0.15, -0.1) is 0 Å². The fourth-order valence-corrected chi connectivity index (χ4v) is 1.65. The van der Waals surface area contributed by atoms with Crippen LogP contribution in [0.25, 0.3) is 0 Å². The average Bonchev–Trinajstić information content (AvgIpc) is 2.82. The van der Waals surface area contributed by atoms with Gasteiger partial charge in [-0.25, -0.2) is 8.78 Å². The van der Waals surface area contributed by atoms with Gasteiger partial charge in [0.15, 0.2) is 0 Å². The molecule has 0 saturated carbocycles. The van der Waals surface area contributed by atoms with Gasteiger partial charge in [0.25, 0.3) is 5.91 Å². The van der Waals surface area contributed by atoms with Gasteiger partial charge in [-0.05, 0) is 31.0 Å². The quantitative estimate of drug-likeness (QED) is 0.903. The van der Waals surface area contributed by atoms with Crippen molar-refractivity contribution in [3.63, 3.8) is 0 Å². The molecule has 0 unspecified atom stereocenters.